The van der Waals surface area contributed by atoms with Crippen LogP contribution in [-0.2, 0) is 42.9 Å². The van der Waals surface area contributed by atoms with E-state index in [4.69, 9.17) is 23.7 Å². The van der Waals surface area contributed by atoms with Gasteiger partial charge in [-0.3, -0.25) is 14.4 Å². The number of aliphatic hydroxyl groups is 2. The van der Waals surface area contributed by atoms with Crippen molar-refractivity contribution in [1.82, 2.24) is 0 Å². The molecule has 1 fully saturated rings. The van der Waals surface area contributed by atoms with E-state index in [0.717, 1.165) is 103 Å². The topological polar surface area (TPSA) is 175 Å². The number of hydrogen-bond donors (Lipinski definition) is 3. The number of carboxylic acids is 1. The summed E-state index contributed by atoms with van der Waals surface area (Å²) in [4.78, 5) is 51.3. The summed E-state index contributed by atoms with van der Waals surface area (Å²) in [5.41, 5.74) is 0. The third-order valence-corrected chi connectivity index (χ3v) is 13.4. The third-order valence-electron chi connectivity index (χ3n) is 13.4. The molecule has 0 amide bonds. The molecule has 6 unspecified atom stereocenters. The van der Waals surface area contributed by atoms with Gasteiger partial charge in [0.05, 0.1) is 6.61 Å². The van der Waals surface area contributed by atoms with E-state index in [1.807, 2.05) is 18.2 Å². The van der Waals surface area contributed by atoms with Gasteiger partial charge in [-0.25, -0.2) is 4.79 Å². The van der Waals surface area contributed by atoms with Gasteiger partial charge in [0.2, 0.25) is 0 Å². The molecule has 1 aliphatic heterocycles. The van der Waals surface area contributed by atoms with Crippen LogP contribution in [0.1, 0.15) is 226 Å². The van der Waals surface area contributed by atoms with Crippen LogP contribution in [-0.4, -0.2) is 89.2 Å². The molecule has 1 saturated heterocycles. The van der Waals surface area contributed by atoms with Crippen molar-refractivity contribution in [2.24, 2.45) is 0 Å². The van der Waals surface area contributed by atoms with Crippen molar-refractivity contribution in [2.45, 2.75) is 263 Å². The second-order valence-corrected chi connectivity index (χ2v) is 20.9. The van der Waals surface area contributed by atoms with Crippen LogP contribution < -0.4 is 0 Å². The number of aliphatic carboxylic acids is 1. The molecule has 83 heavy (non-hydrogen) atoms. The minimum absolute atomic E-state index is 0.0352. The second-order valence-electron chi connectivity index (χ2n) is 20.9. The summed E-state index contributed by atoms with van der Waals surface area (Å²) in [5, 5.41) is 31.6. The van der Waals surface area contributed by atoms with Gasteiger partial charge in [0.25, 0.3) is 0 Å². The summed E-state index contributed by atoms with van der Waals surface area (Å²) < 4.78 is 28.4. The molecule has 0 spiro atoms. The molecule has 0 bridgehead atoms. The van der Waals surface area contributed by atoms with Gasteiger partial charge in [0, 0.05) is 19.3 Å². The highest BCUT2D eigenvalue weighted by molar-refractivity contribution is 5.74. The molecule has 0 saturated carbocycles. The zero-order valence-electron chi connectivity index (χ0n) is 51.4. The van der Waals surface area contributed by atoms with Crippen LogP contribution in [0.5, 0.6) is 0 Å². The maximum atomic E-state index is 13.2. The van der Waals surface area contributed by atoms with Crippen molar-refractivity contribution >= 4 is 23.9 Å². The summed E-state index contributed by atoms with van der Waals surface area (Å²) >= 11 is 0. The lowest BCUT2D eigenvalue weighted by molar-refractivity contribution is -0.301. The van der Waals surface area contributed by atoms with Crippen molar-refractivity contribution in [3.05, 3.63) is 146 Å². The van der Waals surface area contributed by atoms with E-state index in [2.05, 4.69) is 148 Å². The molecule has 0 radical (unpaired) electrons. The van der Waals surface area contributed by atoms with Crippen LogP contribution in [0.15, 0.2) is 146 Å². The van der Waals surface area contributed by atoms with E-state index >= 15 is 0 Å². The largest absolute Gasteiger partial charge is 0.479 e. The van der Waals surface area contributed by atoms with Gasteiger partial charge in [-0.2, -0.15) is 0 Å². The molecule has 1 aliphatic rings. The van der Waals surface area contributed by atoms with Gasteiger partial charge in [-0.15, -0.1) is 0 Å². The molecular weight excluding hydrogens is 1040 g/mol. The van der Waals surface area contributed by atoms with Gasteiger partial charge in [0.1, 0.15) is 18.8 Å². The molecule has 0 aromatic rings. The van der Waals surface area contributed by atoms with Crippen molar-refractivity contribution in [1.29, 1.82) is 0 Å². The maximum Gasteiger partial charge on any atom is 0.335 e. The summed E-state index contributed by atoms with van der Waals surface area (Å²) in [6.45, 7) is 5.64. The van der Waals surface area contributed by atoms with E-state index in [1.54, 1.807) is 0 Å². The van der Waals surface area contributed by atoms with Crippen LogP contribution in [0.3, 0.4) is 0 Å². The van der Waals surface area contributed by atoms with Gasteiger partial charge >= 0.3 is 23.9 Å². The monoisotopic (exact) mass is 1150 g/mol. The number of rotatable bonds is 52. The van der Waals surface area contributed by atoms with Crippen LogP contribution in [0.2, 0.25) is 0 Å². The zero-order chi connectivity index (χ0) is 60.3. The molecule has 1 rings (SSSR count). The van der Waals surface area contributed by atoms with Gasteiger partial charge in [-0.05, 0) is 128 Å². The van der Waals surface area contributed by atoms with Crippen LogP contribution in [0.4, 0.5) is 0 Å². The van der Waals surface area contributed by atoms with E-state index < -0.39 is 67.3 Å². The number of carbonyl (C=O) groups is 4. The average Bonchev–Trinajstić information content (AvgIpc) is 3.58. The summed E-state index contributed by atoms with van der Waals surface area (Å²) in [6, 6.07) is 0. The molecule has 1 heterocycles. The normalized spacial score (nSPS) is 18.6. The Kier molecular flexibility index (Phi) is 52.0. The first-order valence-corrected chi connectivity index (χ1v) is 31.8. The fourth-order valence-corrected chi connectivity index (χ4v) is 8.59. The Bertz CT molecular complexity index is 2000. The molecule has 6 atom stereocenters. The standard InChI is InChI=1S/C71H110O12/c1-4-7-10-13-16-19-22-25-28-31-32-35-38-41-44-47-50-53-56-59-65(74)82-69-67(76)66(75)68(70(77)78)83-71(69)80-61-62(81-64(73)58-55-52-49-46-43-40-37-34-30-27-24-21-18-15-12-9-6-3)60-79-63(72)57-54-51-48-45-42-39-36-33-29-26-23-20-17-14-11-8-5-2/h8-9,11-12,16-21,25-30,36-37,39-40,45-46,48-49,62,66-69,71,75-76H,4-7,10,13-15,22-24,31-35,38,41-44,47,50-61H2,1-3H3,(H,77,78)/b11-8-,12-9-,19-16-,20-17-,21-18-,28-25-,29-26-,30-27-,39-36-,40-37-,48-45-,49-46-. The number of carbonyl (C=O) groups excluding carboxylic acids is 3. The Balaban J connectivity index is 2.75. The number of unbranched alkanes of at least 4 members (excludes halogenated alkanes) is 14. The molecule has 0 aromatic carbocycles. The molecule has 0 aromatic heterocycles. The molecule has 3 N–H and O–H groups in total. The van der Waals surface area contributed by atoms with E-state index in [1.165, 1.54) is 51.4 Å². The Morgan fingerprint density at radius 2 is 0.771 bits per heavy atom. The Hall–Kier alpha value is -5.40. The number of aliphatic hydroxyl groups excluding tert-OH is 2. The van der Waals surface area contributed by atoms with E-state index in [0.29, 0.717) is 32.1 Å². The number of carboxylic acid groups (broad SMARTS) is 1. The Morgan fingerprint density at radius 1 is 0.410 bits per heavy atom. The average molecular weight is 1160 g/mol. The number of ether oxygens (including phenoxy) is 5. The lowest BCUT2D eigenvalue weighted by Crippen LogP contribution is -2.61. The first-order valence-electron chi connectivity index (χ1n) is 31.8. The highest BCUT2D eigenvalue weighted by Gasteiger charge is 2.50. The number of esters is 3. The quantitative estimate of drug-likeness (QED) is 0.0228. The van der Waals surface area contributed by atoms with E-state index in [9.17, 15) is 34.5 Å². The highest BCUT2D eigenvalue weighted by atomic mass is 16.7. The van der Waals surface area contributed by atoms with Crippen LogP contribution in [0, 0.1) is 0 Å². The summed E-state index contributed by atoms with van der Waals surface area (Å²) in [5.74, 6) is -3.30. The fourth-order valence-electron chi connectivity index (χ4n) is 8.59. The molecular formula is C71H110O12. The van der Waals surface area contributed by atoms with Crippen LogP contribution >= 0.6 is 0 Å². The maximum absolute atomic E-state index is 13.2. The lowest BCUT2D eigenvalue weighted by Gasteiger charge is -2.40. The van der Waals surface area contributed by atoms with Crippen molar-refractivity contribution < 1.29 is 58.2 Å². The Morgan fingerprint density at radius 3 is 1.19 bits per heavy atom. The predicted octanol–water partition coefficient (Wildman–Crippen LogP) is 17.1. The van der Waals surface area contributed by atoms with Gasteiger partial charge < -0.3 is 39.0 Å². The van der Waals surface area contributed by atoms with E-state index in [-0.39, 0.29) is 25.9 Å². The predicted molar refractivity (Wildman–Crippen MR) is 339 cm³/mol. The van der Waals surface area contributed by atoms with Gasteiger partial charge in [-0.1, -0.05) is 224 Å². The van der Waals surface area contributed by atoms with Crippen molar-refractivity contribution in [2.75, 3.05) is 13.2 Å². The lowest BCUT2D eigenvalue weighted by atomic mass is 9.98. The fraction of sp³-hybridized carbons (Fsp3) is 0.606. The second kappa shape index (κ2) is 57.1. The third kappa shape index (κ3) is 46.6. The van der Waals surface area contributed by atoms with Crippen molar-refractivity contribution in [3.63, 3.8) is 0 Å². The minimum atomic E-state index is -1.93. The first-order chi connectivity index (χ1) is 40.6. The zero-order valence-corrected chi connectivity index (χ0v) is 51.4. The smallest absolute Gasteiger partial charge is 0.335 e. The summed E-state index contributed by atoms with van der Waals surface area (Å²) in [7, 11) is 0. The first kappa shape index (κ1) is 75.6. The number of allylic oxidation sites excluding steroid dienone is 24. The molecule has 466 valence electrons. The van der Waals surface area contributed by atoms with Crippen molar-refractivity contribution in [3.8, 4) is 0 Å². The summed E-state index contributed by atoms with van der Waals surface area (Å²) in [6.07, 6.45) is 69.6. The number of hydrogen-bond acceptors (Lipinski definition) is 11. The SMILES string of the molecule is CC/C=C\C/C=C\C/C=C\C/C=C\C/C=C\CCCC(=O)OCC(COC1OC(C(=O)O)C(O)C(O)C1OC(=O)CCCCCCCCCCC/C=C\C/C=C\CCCCC)OC(=O)CCC/C=C\C/C=C\C/C=C\C/C=C\C/C=C\CC. The van der Waals surface area contributed by atoms with Gasteiger partial charge in [0.15, 0.2) is 24.6 Å². The highest BCUT2D eigenvalue weighted by Crippen LogP contribution is 2.26. The molecule has 0 aliphatic carbocycles. The Labute approximate surface area is 502 Å². The molecule has 12 nitrogen and oxygen atoms in total. The van der Waals surface area contributed by atoms with Crippen LogP contribution in [0.25, 0.3) is 0 Å². The molecule has 12 heteroatoms. The minimum Gasteiger partial charge on any atom is -0.479 e.